The summed E-state index contributed by atoms with van der Waals surface area (Å²) in [5.41, 5.74) is 4.72. The zero-order valence-corrected chi connectivity index (χ0v) is 19.7. The second-order valence-corrected chi connectivity index (χ2v) is 8.51. The first kappa shape index (κ1) is 21.0. The summed E-state index contributed by atoms with van der Waals surface area (Å²) >= 11 is 5.76. The van der Waals surface area contributed by atoms with Gasteiger partial charge in [-0.3, -0.25) is 0 Å². The lowest BCUT2D eigenvalue weighted by atomic mass is 10.1. The van der Waals surface area contributed by atoms with Gasteiger partial charge in [0.2, 0.25) is 0 Å². The van der Waals surface area contributed by atoms with Crippen LogP contribution < -0.4 is 14.8 Å². The number of hydrogen-bond donors (Lipinski definition) is 1. The van der Waals surface area contributed by atoms with Crippen molar-refractivity contribution in [2.75, 3.05) is 12.4 Å². The summed E-state index contributed by atoms with van der Waals surface area (Å²) in [7, 11) is 1.68. The molecule has 1 N–H and O–H groups in total. The number of methoxy groups -OCH3 is 1. The van der Waals surface area contributed by atoms with Gasteiger partial charge in [-0.2, -0.15) is 0 Å². The number of aryl methyl sites for hydroxylation is 1. The van der Waals surface area contributed by atoms with Crippen LogP contribution in [-0.4, -0.2) is 7.11 Å². The SMILES string of the molecule is CCc1ccc(NCc2cc(I)c(OCc3ccc(Br)cc3)c(OC)c2)cc1. The topological polar surface area (TPSA) is 30.5 Å². The van der Waals surface area contributed by atoms with Crippen LogP contribution in [0.3, 0.4) is 0 Å². The number of hydrogen-bond acceptors (Lipinski definition) is 3. The lowest BCUT2D eigenvalue weighted by Crippen LogP contribution is -2.03. The third-order valence-corrected chi connectivity index (χ3v) is 5.77. The van der Waals surface area contributed by atoms with E-state index in [4.69, 9.17) is 9.47 Å². The zero-order chi connectivity index (χ0) is 19.9. The molecule has 0 saturated heterocycles. The van der Waals surface area contributed by atoms with E-state index in [-0.39, 0.29) is 0 Å². The van der Waals surface area contributed by atoms with Crippen LogP contribution >= 0.6 is 38.5 Å². The molecule has 28 heavy (non-hydrogen) atoms. The van der Waals surface area contributed by atoms with E-state index in [0.29, 0.717) is 6.61 Å². The first-order chi connectivity index (χ1) is 13.6. The molecule has 0 fully saturated rings. The van der Waals surface area contributed by atoms with Crippen molar-refractivity contribution in [3.05, 3.63) is 85.4 Å². The van der Waals surface area contributed by atoms with Gasteiger partial charge in [0, 0.05) is 16.7 Å². The normalized spacial score (nSPS) is 10.6. The van der Waals surface area contributed by atoms with Gasteiger partial charge < -0.3 is 14.8 Å². The highest BCUT2D eigenvalue weighted by molar-refractivity contribution is 14.1. The Morgan fingerprint density at radius 1 is 0.929 bits per heavy atom. The summed E-state index contributed by atoms with van der Waals surface area (Å²) in [6.45, 7) is 3.39. The molecule has 0 heterocycles. The van der Waals surface area contributed by atoms with Gasteiger partial charge in [-0.1, -0.05) is 47.1 Å². The maximum Gasteiger partial charge on any atom is 0.174 e. The predicted octanol–water partition coefficient (Wildman–Crippen LogP) is 6.82. The van der Waals surface area contributed by atoms with Gasteiger partial charge in [-0.15, -0.1) is 0 Å². The Labute approximate surface area is 188 Å². The van der Waals surface area contributed by atoms with E-state index >= 15 is 0 Å². The molecule has 0 spiro atoms. The second-order valence-electron chi connectivity index (χ2n) is 6.43. The summed E-state index contributed by atoms with van der Waals surface area (Å²) < 4.78 is 13.7. The quantitative estimate of drug-likeness (QED) is 0.312. The minimum Gasteiger partial charge on any atom is -0.493 e. The van der Waals surface area contributed by atoms with E-state index in [1.54, 1.807) is 7.11 Å². The molecule has 0 aliphatic carbocycles. The Bertz CT molecular complexity index is 911. The molecule has 3 rings (SSSR count). The van der Waals surface area contributed by atoms with Crippen molar-refractivity contribution in [1.82, 2.24) is 0 Å². The minimum absolute atomic E-state index is 0.501. The summed E-state index contributed by atoms with van der Waals surface area (Å²) in [6, 6.07) is 20.9. The van der Waals surface area contributed by atoms with E-state index in [0.717, 1.165) is 49.3 Å². The van der Waals surface area contributed by atoms with Gasteiger partial charge in [0.1, 0.15) is 6.61 Å². The molecule has 3 nitrogen and oxygen atoms in total. The summed E-state index contributed by atoms with van der Waals surface area (Å²) in [4.78, 5) is 0. The average Bonchev–Trinajstić information content (AvgIpc) is 2.72. The molecule has 5 heteroatoms. The van der Waals surface area contributed by atoms with Gasteiger partial charge in [0.15, 0.2) is 11.5 Å². The lowest BCUT2D eigenvalue weighted by molar-refractivity contribution is 0.282. The van der Waals surface area contributed by atoms with Crippen molar-refractivity contribution in [2.24, 2.45) is 0 Å². The van der Waals surface area contributed by atoms with Crippen molar-refractivity contribution in [3.63, 3.8) is 0 Å². The Kier molecular flexibility index (Phi) is 7.62. The fourth-order valence-corrected chi connectivity index (χ4v) is 3.90. The molecular weight excluding hydrogens is 529 g/mol. The van der Waals surface area contributed by atoms with Gasteiger partial charge in [-0.05, 0) is 82.1 Å². The third kappa shape index (κ3) is 5.64. The standard InChI is InChI=1S/C23H23BrINO2/c1-3-16-6-10-20(11-7-16)26-14-18-12-21(25)23(22(13-18)27-2)28-15-17-4-8-19(24)9-5-17/h4-13,26H,3,14-15H2,1-2H3. The van der Waals surface area contributed by atoms with Crippen molar-refractivity contribution in [1.29, 1.82) is 0 Å². The Balaban J connectivity index is 1.68. The fourth-order valence-electron chi connectivity index (χ4n) is 2.81. The molecule has 0 aliphatic rings. The molecular formula is C23H23BrINO2. The molecule has 3 aromatic carbocycles. The predicted molar refractivity (Wildman–Crippen MR) is 127 cm³/mol. The number of halogens is 2. The molecule has 0 amide bonds. The third-order valence-electron chi connectivity index (χ3n) is 4.44. The lowest BCUT2D eigenvalue weighted by Gasteiger charge is -2.15. The molecule has 0 atom stereocenters. The molecule has 146 valence electrons. The van der Waals surface area contributed by atoms with E-state index in [1.165, 1.54) is 5.56 Å². The van der Waals surface area contributed by atoms with E-state index in [1.807, 2.05) is 30.3 Å². The molecule has 0 radical (unpaired) electrons. The number of ether oxygens (including phenoxy) is 2. The van der Waals surface area contributed by atoms with Crippen LogP contribution in [0, 0.1) is 3.57 Å². The second kappa shape index (κ2) is 10.2. The minimum atomic E-state index is 0.501. The number of rotatable bonds is 8. The summed E-state index contributed by atoms with van der Waals surface area (Å²) in [5, 5.41) is 3.47. The average molecular weight is 552 g/mol. The van der Waals surface area contributed by atoms with Crippen LogP contribution in [0.2, 0.25) is 0 Å². The summed E-state index contributed by atoms with van der Waals surface area (Å²) in [5.74, 6) is 1.53. The highest BCUT2D eigenvalue weighted by Crippen LogP contribution is 2.35. The molecule has 0 saturated carbocycles. The largest absolute Gasteiger partial charge is 0.493 e. The van der Waals surface area contributed by atoms with Gasteiger partial charge in [0.05, 0.1) is 10.7 Å². The van der Waals surface area contributed by atoms with Gasteiger partial charge in [0.25, 0.3) is 0 Å². The smallest absolute Gasteiger partial charge is 0.174 e. The number of anilines is 1. The van der Waals surface area contributed by atoms with Crippen LogP contribution in [0.1, 0.15) is 23.6 Å². The Morgan fingerprint density at radius 3 is 2.25 bits per heavy atom. The fraction of sp³-hybridized carbons (Fsp3) is 0.217. The van der Waals surface area contributed by atoms with Crippen LogP contribution in [-0.2, 0) is 19.6 Å². The Morgan fingerprint density at radius 2 is 1.61 bits per heavy atom. The number of benzene rings is 3. The highest BCUT2D eigenvalue weighted by Gasteiger charge is 2.12. The summed E-state index contributed by atoms with van der Waals surface area (Å²) in [6.07, 6.45) is 1.05. The van der Waals surface area contributed by atoms with Crippen LogP contribution in [0.5, 0.6) is 11.5 Å². The maximum atomic E-state index is 6.06. The molecule has 0 aliphatic heterocycles. The maximum absolute atomic E-state index is 6.06. The molecule has 0 bridgehead atoms. The van der Waals surface area contributed by atoms with Crippen LogP contribution in [0.25, 0.3) is 0 Å². The van der Waals surface area contributed by atoms with Gasteiger partial charge in [-0.25, -0.2) is 0 Å². The van der Waals surface area contributed by atoms with E-state index in [2.05, 4.69) is 81.1 Å². The van der Waals surface area contributed by atoms with Crippen molar-refractivity contribution >= 4 is 44.2 Å². The van der Waals surface area contributed by atoms with Gasteiger partial charge >= 0.3 is 0 Å². The molecule has 3 aromatic rings. The van der Waals surface area contributed by atoms with E-state index < -0.39 is 0 Å². The van der Waals surface area contributed by atoms with Crippen LogP contribution in [0.15, 0.2) is 65.1 Å². The van der Waals surface area contributed by atoms with Crippen molar-refractivity contribution < 1.29 is 9.47 Å². The van der Waals surface area contributed by atoms with Crippen molar-refractivity contribution in [2.45, 2.75) is 26.5 Å². The first-order valence-electron chi connectivity index (χ1n) is 9.15. The van der Waals surface area contributed by atoms with Crippen molar-refractivity contribution in [3.8, 4) is 11.5 Å². The monoisotopic (exact) mass is 551 g/mol. The highest BCUT2D eigenvalue weighted by atomic mass is 127. The zero-order valence-electron chi connectivity index (χ0n) is 16.0. The Hall–Kier alpha value is -1.73. The molecule has 0 aromatic heterocycles. The molecule has 0 unspecified atom stereocenters. The first-order valence-corrected chi connectivity index (χ1v) is 11.0. The van der Waals surface area contributed by atoms with Crippen LogP contribution in [0.4, 0.5) is 5.69 Å². The van der Waals surface area contributed by atoms with E-state index in [9.17, 15) is 0 Å². The number of nitrogens with one attached hydrogen (secondary N) is 1.